The molecule has 0 aliphatic heterocycles. The van der Waals surface area contributed by atoms with Crippen LogP contribution < -0.4 is 0 Å². The Hall–Kier alpha value is 0.430. The summed E-state index contributed by atoms with van der Waals surface area (Å²) in [5.74, 6) is 7.79. The molecular formula is C25H39P. The zero-order valence-corrected chi connectivity index (χ0v) is 17.9. The van der Waals surface area contributed by atoms with E-state index in [0.29, 0.717) is 5.16 Å². The van der Waals surface area contributed by atoms with Crippen molar-refractivity contribution in [3.8, 4) is 0 Å². The summed E-state index contributed by atoms with van der Waals surface area (Å²) in [6, 6.07) is 0. The standard InChI is InChI=1S/C25H39P/c26-25(22-2-1-3-22,23-10-16-4-17(11-23)6-18(5-16)12-23)24-13-19-7-20(14-24)9-21(8-19)15-24/h16-22H,1-15,26H2. The molecule has 9 saturated carbocycles. The van der Waals surface area contributed by atoms with Crippen molar-refractivity contribution in [2.45, 2.75) is 101 Å². The van der Waals surface area contributed by atoms with Gasteiger partial charge in [0.25, 0.3) is 0 Å². The van der Waals surface area contributed by atoms with Crippen molar-refractivity contribution in [2.75, 3.05) is 0 Å². The first-order valence-electron chi connectivity index (χ1n) is 12.4. The Balaban J connectivity index is 1.36. The lowest BCUT2D eigenvalue weighted by Crippen LogP contribution is -2.69. The van der Waals surface area contributed by atoms with Crippen LogP contribution in [0.25, 0.3) is 0 Å². The Bertz CT molecular complexity index is 499. The zero-order valence-electron chi connectivity index (χ0n) is 16.7. The molecule has 9 aliphatic carbocycles. The van der Waals surface area contributed by atoms with Crippen LogP contribution in [0.1, 0.15) is 96.3 Å². The van der Waals surface area contributed by atoms with Crippen molar-refractivity contribution in [3.05, 3.63) is 0 Å². The molecular weight excluding hydrogens is 331 g/mol. The van der Waals surface area contributed by atoms with Crippen LogP contribution in [0.3, 0.4) is 0 Å². The summed E-state index contributed by atoms with van der Waals surface area (Å²) in [6.07, 6.45) is 24.2. The van der Waals surface area contributed by atoms with Crippen LogP contribution in [-0.2, 0) is 0 Å². The van der Waals surface area contributed by atoms with Gasteiger partial charge in [-0.05, 0) is 147 Å². The molecule has 0 saturated heterocycles. The molecule has 0 N–H and O–H groups in total. The topological polar surface area (TPSA) is 0 Å². The Morgan fingerprint density at radius 3 is 1.08 bits per heavy atom. The lowest BCUT2D eigenvalue weighted by molar-refractivity contribution is -0.177. The highest BCUT2D eigenvalue weighted by Gasteiger charge is 2.70. The molecule has 0 aromatic rings. The van der Waals surface area contributed by atoms with Gasteiger partial charge in [-0.15, -0.1) is 9.24 Å². The first kappa shape index (κ1) is 16.3. The summed E-state index contributed by atoms with van der Waals surface area (Å²) >= 11 is 0. The second-order valence-corrected chi connectivity index (χ2v) is 13.8. The predicted molar refractivity (Wildman–Crippen MR) is 111 cm³/mol. The first-order valence-corrected chi connectivity index (χ1v) is 12.9. The van der Waals surface area contributed by atoms with E-state index in [9.17, 15) is 0 Å². The predicted octanol–water partition coefficient (Wildman–Crippen LogP) is 6.83. The average Bonchev–Trinajstić information content (AvgIpc) is 2.50. The highest BCUT2D eigenvalue weighted by molar-refractivity contribution is 7.19. The van der Waals surface area contributed by atoms with Gasteiger partial charge in [-0.3, -0.25) is 0 Å². The van der Waals surface area contributed by atoms with Crippen LogP contribution in [0.2, 0.25) is 0 Å². The van der Waals surface area contributed by atoms with Crippen LogP contribution in [-0.4, -0.2) is 5.16 Å². The number of hydrogen-bond donors (Lipinski definition) is 0. The highest BCUT2D eigenvalue weighted by Crippen LogP contribution is 2.78. The van der Waals surface area contributed by atoms with E-state index in [1.54, 1.807) is 96.3 Å². The second-order valence-electron chi connectivity index (χ2n) is 12.9. The molecule has 0 nitrogen and oxygen atoms in total. The molecule has 144 valence electrons. The molecule has 8 bridgehead atoms. The zero-order chi connectivity index (χ0) is 17.1. The lowest BCUT2D eigenvalue weighted by Gasteiger charge is -2.74. The van der Waals surface area contributed by atoms with Gasteiger partial charge in [0, 0.05) is 0 Å². The fraction of sp³-hybridized carbons (Fsp3) is 1.00. The van der Waals surface area contributed by atoms with Crippen LogP contribution in [0, 0.1) is 52.3 Å². The van der Waals surface area contributed by atoms with Crippen LogP contribution in [0.4, 0.5) is 0 Å². The van der Waals surface area contributed by atoms with Gasteiger partial charge in [-0.1, -0.05) is 6.42 Å². The molecule has 0 radical (unpaired) electrons. The van der Waals surface area contributed by atoms with Crippen LogP contribution in [0.15, 0.2) is 0 Å². The summed E-state index contributed by atoms with van der Waals surface area (Å²) < 4.78 is 0. The number of hydrogen-bond acceptors (Lipinski definition) is 0. The van der Waals surface area contributed by atoms with Crippen molar-refractivity contribution in [1.29, 1.82) is 0 Å². The Morgan fingerprint density at radius 2 is 0.846 bits per heavy atom. The van der Waals surface area contributed by atoms with E-state index in [4.69, 9.17) is 0 Å². The molecule has 26 heavy (non-hydrogen) atoms. The van der Waals surface area contributed by atoms with Crippen molar-refractivity contribution >= 4 is 9.24 Å². The molecule has 9 rings (SSSR count). The van der Waals surface area contributed by atoms with Gasteiger partial charge in [-0.25, -0.2) is 0 Å². The summed E-state index contributed by atoms with van der Waals surface area (Å²) in [4.78, 5) is 0. The molecule has 0 aromatic carbocycles. The third kappa shape index (κ3) is 1.88. The Kier molecular flexibility index (Phi) is 3.20. The minimum Gasteiger partial charge on any atom is -0.130 e. The van der Waals surface area contributed by atoms with Gasteiger partial charge >= 0.3 is 0 Å². The van der Waals surface area contributed by atoms with Gasteiger partial charge in [0.2, 0.25) is 0 Å². The quantitative estimate of drug-likeness (QED) is 0.477. The van der Waals surface area contributed by atoms with Gasteiger partial charge in [-0.2, -0.15) is 0 Å². The monoisotopic (exact) mass is 370 g/mol. The third-order valence-corrected chi connectivity index (χ3v) is 13.3. The van der Waals surface area contributed by atoms with Crippen LogP contribution in [0.5, 0.6) is 0 Å². The summed E-state index contributed by atoms with van der Waals surface area (Å²) in [7, 11) is 3.78. The lowest BCUT2D eigenvalue weighted by atomic mass is 9.35. The van der Waals surface area contributed by atoms with E-state index < -0.39 is 0 Å². The van der Waals surface area contributed by atoms with Gasteiger partial charge in [0.15, 0.2) is 0 Å². The van der Waals surface area contributed by atoms with Crippen molar-refractivity contribution in [2.24, 2.45) is 52.3 Å². The average molecular weight is 371 g/mol. The van der Waals surface area contributed by atoms with E-state index in [-0.39, 0.29) is 0 Å². The molecule has 0 spiro atoms. The first-order chi connectivity index (χ1) is 12.6. The summed E-state index contributed by atoms with van der Waals surface area (Å²) in [5.41, 5.74) is 1.48. The van der Waals surface area contributed by atoms with Crippen molar-refractivity contribution in [1.82, 2.24) is 0 Å². The van der Waals surface area contributed by atoms with Gasteiger partial charge in [0.05, 0.1) is 0 Å². The smallest absolute Gasteiger partial charge is 0.000916 e. The molecule has 9 aliphatic rings. The summed E-state index contributed by atoms with van der Waals surface area (Å²) in [5, 5.41) is 0.629. The van der Waals surface area contributed by atoms with E-state index in [1.807, 2.05) is 0 Å². The Labute approximate surface area is 163 Å². The van der Waals surface area contributed by atoms with E-state index in [1.165, 1.54) is 0 Å². The van der Waals surface area contributed by atoms with Gasteiger partial charge < -0.3 is 0 Å². The van der Waals surface area contributed by atoms with E-state index >= 15 is 0 Å². The normalized spacial score (nSPS) is 59.4. The largest absolute Gasteiger partial charge is 0.130 e. The van der Waals surface area contributed by atoms with E-state index in [0.717, 1.165) is 52.3 Å². The highest BCUT2D eigenvalue weighted by atomic mass is 31.0. The number of rotatable bonds is 3. The third-order valence-electron chi connectivity index (χ3n) is 11.6. The van der Waals surface area contributed by atoms with Gasteiger partial charge in [0.1, 0.15) is 0 Å². The maximum Gasteiger partial charge on any atom is -0.000916 e. The van der Waals surface area contributed by atoms with Crippen molar-refractivity contribution in [3.63, 3.8) is 0 Å². The fourth-order valence-electron chi connectivity index (χ4n) is 11.5. The molecule has 9 fully saturated rings. The van der Waals surface area contributed by atoms with Crippen LogP contribution >= 0.6 is 9.24 Å². The fourth-order valence-corrected chi connectivity index (χ4v) is 12.6. The van der Waals surface area contributed by atoms with Crippen molar-refractivity contribution < 1.29 is 0 Å². The Morgan fingerprint density at radius 1 is 0.538 bits per heavy atom. The molecule has 0 heterocycles. The molecule has 1 atom stereocenters. The maximum absolute atomic E-state index is 3.78. The minimum absolute atomic E-state index is 0.629. The molecule has 1 unspecified atom stereocenters. The summed E-state index contributed by atoms with van der Waals surface area (Å²) in [6.45, 7) is 0. The molecule has 0 aromatic heterocycles. The minimum atomic E-state index is 0.629. The SMILES string of the molecule is PC(C1CCC1)(C12CC3CC(CC(C3)C1)C2)C12CC3CC(CC(C3)C1)C2. The van der Waals surface area contributed by atoms with E-state index in [2.05, 4.69) is 9.24 Å². The second kappa shape index (κ2) is 5.12. The maximum atomic E-state index is 3.78. The molecule has 1 heteroatoms. The molecule has 0 amide bonds.